The van der Waals surface area contributed by atoms with E-state index in [1.807, 2.05) is 36.5 Å². The Morgan fingerprint density at radius 1 is 1.11 bits per heavy atom. The SMILES string of the molecule is NCCCCCCN=CCC(C=O)c1ccccc1. The molecule has 1 atom stereocenters. The number of unbranched alkanes of at least 4 members (excludes halogenated alkanes) is 3. The van der Waals surface area contributed by atoms with E-state index in [2.05, 4.69) is 4.99 Å². The number of rotatable bonds is 10. The maximum absolute atomic E-state index is 11.1. The first-order chi connectivity index (χ1) is 9.38. The monoisotopic (exact) mass is 260 g/mol. The van der Waals surface area contributed by atoms with E-state index in [1.165, 1.54) is 12.8 Å². The zero-order chi connectivity index (χ0) is 13.8. The van der Waals surface area contributed by atoms with Gasteiger partial charge in [0.1, 0.15) is 6.29 Å². The van der Waals surface area contributed by atoms with Crippen LogP contribution in [0.1, 0.15) is 43.6 Å². The van der Waals surface area contributed by atoms with E-state index >= 15 is 0 Å². The molecule has 1 unspecified atom stereocenters. The third kappa shape index (κ3) is 6.87. The summed E-state index contributed by atoms with van der Waals surface area (Å²) >= 11 is 0. The fourth-order valence-corrected chi connectivity index (χ4v) is 1.95. The van der Waals surface area contributed by atoms with Gasteiger partial charge in [0, 0.05) is 12.5 Å². The van der Waals surface area contributed by atoms with E-state index in [1.54, 1.807) is 0 Å². The average Bonchev–Trinajstić information content (AvgIpc) is 2.47. The summed E-state index contributed by atoms with van der Waals surface area (Å²) in [5, 5.41) is 0. The smallest absolute Gasteiger partial charge is 0.127 e. The molecule has 0 aliphatic rings. The number of carbonyl (C=O) groups is 1. The molecule has 0 saturated heterocycles. The minimum atomic E-state index is -0.0674. The summed E-state index contributed by atoms with van der Waals surface area (Å²) in [6, 6.07) is 9.85. The molecule has 19 heavy (non-hydrogen) atoms. The first-order valence-electron chi connectivity index (χ1n) is 7.07. The number of hydrogen-bond acceptors (Lipinski definition) is 3. The molecule has 0 aliphatic heterocycles. The summed E-state index contributed by atoms with van der Waals surface area (Å²) < 4.78 is 0. The van der Waals surface area contributed by atoms with Gasteiger partial charge < -0.3 is 10.5 Å². The molecule has 1 aromatic rings. The van der Waals surface area contributed by atoms with Crippen molar-refractivity contribution in [1.29, 1.82) is 0 Å². The van der Waals surface area contributed by atoms with Gasteiger partial charge in [-0.25, -0.2) is 0 Å². The van der Waals surface area contributed by atoms with Crippen LogP contribution in [-0.2, 0) is 4.79 Å². The van der Waals surface area contributed by atoms with Crippen molar-refractivity contribution >= 4 is 12.5 Å². The minimum Gasteiger partial charge on any atom is -0.330 e. The van der Waals surface area contributed by atoms with E-state index in [4.69, 9.17) is 5.73 Å². The van der Waals surface area contributed by atoms with Crippen molar-refractivity contribution in [2.75, 3.05) is 13.1 Å². The van der Waals surface area contributed by atoms with E-state index in [0.29, 0.717) is 6.42 Å². The summed E-state index contributed by atoms with van der Waals surface area (Å²) in [5.41, 5.74) is 6.49. The highest BCUT2D eigenvalue weighted by Gasteiger charge is 2.07. The molecule has 1 rings (SSSR count). The van der Waals surface area contributed by atoms with Crippen molar-refractivity contribution in [3.05, 3.63) is 35.9 Å². The molecule has 0 bridgehead atoms. The number of hydrogen-bond donors (Lipinski definition) is 1. The number of aliphatic imine (C=N–C) groups is 1. The Hall–Kier alpha value is -1.48. The highest BCUT2D eigenvalue weighted by molar-refractivity contribution is 5.70. The molecule has 1 aromatic carbocycles. The number of benzene rings is 1. The van der Waals surface area contributed by atoms with Gasteiger partial charge in [-0.2, -0.15) is 0 Å². The lowest BCUT2D eigenvalue weighted by Crippen LogP contribution is -2.01. The molecular formula is C16H24N2O. The van der Waals surface area contributed by atoms with E-state index in [0.717, 1.165) is 37.8 Å². The lowest BCUT2D eigenvalue weighted by molar-refractivity contribution is -0.108. The van der Waals surface area contributed by atoms with Crippen molar-refractivity contribution in [3.8, 4) is 0 Å². The normalized spacial score (nSPS) is 12.7. The van der Waals surface area contributed by atoms with Crippen LogP contribution < -0.4 is 5.73 Å². The Labute approximate surface area is 115 Å². The highest BCUT2D eigenvalue weighted by atomic mass is 16.1. The molecule has 0 heterocycles. The van der Waals surface area contributed by atoms with Crippen LogP contribution in [-0.4, -0.2) is 25.6 Å². The van der Waals surface area contributed by atoms with Gasteiger partial charge >= 0.3 is 0 Å². The molecule has 3 nitrogen and oxygen atoms in total. The number of nitrogens with zero attached hydrogens (tertiary/aromatic N) is 1. The molecule has 104 valence electrons. The number of nitrogens with two attached hydrogens (primary N) is 1. The van der Waals surface area contributed by atoms with Crippen LogP contribution in [0.3, 0.4) is 0 Å². The summed E-state index contributed by atoms with van der Waals surface area (Å²) in [4.78, 5) is 15.4. The lowest BCUT2D eigenvalue weighted by Gasteiger charge is -2.06. The van der Waals surface area contributed by atoms with Crippen molar-refractivity contribution in [1.82, 2.24) is 0 Å². The van der Waals surface area contributed by atoms with Crippen LogP contribution in [0.2, 0.25) is 0 Å². The summed E-state index contributed by atoms with van der Waals surface area (Å²) in [7, 11) is 0. The number of carbonyl (C=O) groups excluding carboxylic acids is 1. The molecule has 0 amide bonds. The molecule has 0 fully saturated rings. The maximum atomic E-state index is 11.1. The van der Waals surface area contributed by atoms with Crippen LogP contribution in [0.5, 0.6) is 0 Å². The van der Waals surface area contributed by atoms with Crippen LogP contribution >= 0.6 is 0 Å². The average molecular weight is 260 g/mol. The Morgan fingerprint density at radius 3 is 2.53 bits per heavy atom. The second kappa shape index (κ2) is 10.4. The van der Waals surface area contributed by atoms with Crippen LogP contribution in [0.4, 0.5) is 0 Å². The summed E-state index contributed by atoms with van der Waals surface area (Å²) in [6.07, 6.45) is 8.16. The van der Waals surface area contributed by atoms with Gasteiger partial charge in [0.2, 0.25) is 0 Å². The second-order valence-electron chi connectivity index (χ2n) is 4.68. The zero-order valence-corrected chi connectivity index (χ0v) is 11.5. The minimum absolute atomic E-state index is 0.0674. The fourth-order valence-electron chi connectivity index (χ4n) is 1.95. The van der Waals surface area contributed by atoms with E-state index in [-0.39, 0.29) is 5.92 Å². The Kier molecular flexibility index (Phi) is 8.56. The first-order valence-corrected chi connectivity index (χ1v) is 7.07. The van der Waals surface area contributed by atoms with Gasteiger partial charge in [-0.05, 0) is 37.6 Å². The van der Waals surface area contributed by atoms with Crippen LogP contribution in [0, 0.1) is 0 Å². The second-order valence-corrected chi connectivity index (χ2v) is 4.68. The maximum Gasteiger partial charge on any atom is 0.127 e. The Bertz CT molecular complexity index is 362. The van der Waals surface area contributed by atoms with Crippen molar-refractivity contribution in [3.63, 3.8) is 0 Å². The molecular weight excluding hydrogens is 236 g/mol. The van der Waals surface area contributed by atoms with Gasteiger partial charge in [-0.1, -0.05) is 43.2 Å². The van der Waals surface area contributed by atoms with Gasteiger partial charge in [0.05, 0.1) is 0 Å². The standard InChI is InChI=1S/C16H24N2O/c17-11-6-1-2-7-12-18-13-10-16(14-19)15-8-4-3-5-9-15/h3-5,8-9,13-14,16H,1-2,6-7,10-12,17H2. The van der Waals surface area contributed by atoms with Gasteiger partial charge in [-0.15, -0.1) is 0 Å². The molecule has 2 N–H and O–H groups in total. The van der Waals surface area contributed by atoms with Crippen LogP contribution in [0.15, 0.2) is 35.3 Å². The summed E-state index contributed by atoms with van der Waals surface area (Å²) in [5.74, 6) is -0.0674. The van der Waals surface area contributed by atoms with Gasteiger partial charge in [-0.3, -0.25) is 4.99 Å². The quantitative estimate of drug-likeness (QED) is 0.399. The Morgan fingerprint density at radius 2 is 1.84 bits per heavy atom. The third-order valence-electron chi connectivity index (χ3n) is 3.12. The molecule has 0 aliphatic carbocycles. The van der Waals surface area contributed by atoms with E-state index < -0.39 is 0 Å². The van der Waals surface area contributed by atoms with Crippen molar-refractivity contribution in [2.24, 2.45) is 10.7 Å². The Balaban J connectivity index is 2.21. The number of aldehydes is 1. The predicted octanol–water partition coefficient (Wildman–Crippen LogP) is 2.95. The largest absolute Gasteiger partial charge is 0.330 e. The molecule has 3 heteroatoms. The molecule has 0 aromatic heterocycles. The summed E-state index contributed by atoms with van der Waals surface area (Å²) in [6.45, 7) is 1.63. The lowest BCUT2D eigenvalue weighted by atomic mass is 9.98. The fraction of sp³-hybridized carbons (Fsp3) is 0.500. The topological polar surface area (TPSA) is 55.4 Å². The predicted molar refractivity (Wildman–Crippen MR) is 80.7 cm³/mol. The van der Waals surface area contributed by atoms with Crippen molar-refractivity contribution in [2.45, 2.75) is 38.0 Å². The molecule has 0 saturated carbocycles. The van der Waals surface area contributed by atoms with Gasteiger partial charge in [0.15, 0.2) is 0 Å². The van der Waals surface area contributed by atoms with Crippen LogP contribution in [0.25, 0.3) is 0 Å². The highest BCUT2D eigenvalue weighted by Crippen LogP contribution is 2.15. The molecule has 0 radical (unpaired) electrons. The van der Waals surface area contributed by atoms with E-state index in [9.17, 15) is 4.79 Å². The van der Waals surface area contributed by atoms with Crippen molar-refractivity contribution < 1.29 is 4.79 Å². The first kappa shape index (κ1) is 15.6. The third-order valence-corrected chi connectivity index (χ3v) is 3.12. The molecule has 0 spiro atoms. The zero-order valence-electron chi connectivity index (χ0n) is 11.5. The van der Waals surface area contributed by atoms with Gasteiger partial charge in [0.25, 0.3) is 0 Å².